The predicted octanol–water partition coefficient (Wildman–Crippen LogP) is 12.3. The van der Waals surface area contributed by atoms with Gasteiger partial charge >= 0.3 is 0 Å². The number of allylic oxidation sites excluding steroid dienone is 2. The SMILES string of the molecule is C/C(=C/c1ccc(/C=C\c2cc(/C=C\c3ccc(/C=C(/C)c4ccccc4)cc3)c3ccccc3c2)cc1)c1ccccc1. The van der Waals surface area contributed by atoms with Crippen molar-refractivity contribution in [2.45, 2.75) is 13.8 Å². The molecule has 0 amide bonds. The highest BCUT2D eigenvalue weighted by molar-refractivity contribution is 5.95. The van der Waals surface area contributed by atoms with Crippen LogP contribution in [0.2, 0.25) is 0 Å². The van der Waals surface area contributed by atoms with Crippen LogP contribution in [0, 0.1) is 0 Å². The second-order valence-electron chi connectivity index (χ2n) is 11.2. The minimum absolute atomic E-state index is 1.18. The molecular formula is C44H36. The molecule has 0 aromatic heterocycles. The van der Waals surface area contributed by atoms with Gasteiger partial charge in [0, 0.05) is 0 Å². The highest BCUT2D eigenvalue weighted by Gasteiger charge is 2.02. The van der Waals surface area contributed by atoms with Crippen LogP contribution in [0.1, 0.15) is 58.4 Å². The van der Waals surface area contributed by atoms with Gasteiger partial charge in [0.15, 0.2) is 0 Å². The smallest absolute Gasteiger partial charge is 0.0111 e. The molecule has 0 fully saturated rings. The Balaban J connectivity index is 1.19. The number of hydrogen-bond acceptors (Lipinski definition) is 0. The zero-order valence-corrected chi connectivity index (χ0v) is 25.3. The molecule has 0 saturated carbocycles. The Morgan fingerprint density at radius 1 is 0.386 bits per heavy atom. The van der Waals surface area contributed by atoms with E-state index in [-0.39, 0.29) is 0 Å². The maximum atomic E-state index is 2.27. The van der Waals surface area contributed by atoms with Gasteiger partial charge in [0.2, 0.25) is 0 Å². The average molecular weight is 565 g/mol. The summed E-state index contributed by atoms with van der Waals surface area (Å²) in [7, 11) is 0. The fourth-order valence-corrected chi connectivity index (χ4v) is 5.45. The van der Waals surface area contributed by atoms with E-state index in [1.165, 1.54) is 66.4 Å². The molecule has 0 spiro atoms. The summed E-state index contributed by atoms with van der Waals surface area (Å²) >= 11 is 0. The van der Waals surface area contributed by atoms with Crippen molar-refractivity contribution in [3.05, 3.63) is 190 Å². The van der Waals surface area contributed by atoms with E-state index >= 15 is 0 Å². The predicted molar refractivity (Wildman–Crippen MR) is 195 cm³/mol. The number of rotatable bonds is 8. The molecule has 0 radical (unpaired) electrons. The summed E-state index contributed by atoms with van der Waals surface area (Å²) in [5, 5.41) is 2.49. The van der Waals surface area contributed by atoms with Crippen molar-refractivity contribution in [3.8, 4) is 0 Å². The lowest BCUT2D eigenvalue weighted by molar-refractivity contribution is 1.57. The lowest BCUT2D eigenvalue weighted by atomic mass is 9.98. The Bertz CT molecular complexity index is 1970. The third-order valence-corrected chi connectivity index (χ3v) is 7.94. The Morgan fingerprint density at radius 3 is 1.36 bits per heavy atom. The van der Waals surface area contributed by atoms with Crippen molar-refractivity contribution >= 4 is 58.4 Å². The number of hydrogen-bond donors (Lipinski definition) is 0. The molecule has 0 saturated heterocycles. The van der Waals surface area contributed by atoms with Gasteiger partial charge in [0.1, 0.15) is 0 Å². The van der Waals surface area contributed by atoms with Gasteiger partial charge in [-0.25, -0.2) is 0 Å². The minimum atomic E-state index is 1.18. The van der Waals surface area contributed by atoms with Crippen molar-refractivity contribution < 1.29 is 0 Å². The third kappa shape index (κ3) is 7.30. The highest BCUT2D eigenvalue weighted by Crippen LogP contribution is 2.25. The summed E-state index contributed by atoms with van der Waals surface area (Å²) in [6.07, 6.45) is 13.3. The molecule has 0 heterocycles. The zero-order valence-electron chi connectivity index (χ0n) is 25.3. The highest BCUT2D eigenvalue weighted by atomic mass is 14.1. The van der Waals surface area contributed by atoms with E-state index in [2.05, 4.69) is 196 Å². The fraction of sp³-hybridized carbons (Fsp3) is 0.0455. The van der Waals surface area contributed by atoms with E-state index in [4.69, 9.17) is 0 Å². The lowest BCUT2D eigenvalue weighted by Gasteiger charge is -2.06. The fourth-order valence-electron chi connectivity index (χ4n) is 5.45. The van der Waals surface area contributed by atoms with Crippen molar-refractivity contribution in [3.63, 3.8) is 0 Å². The molecule has 0 N–H and O–H groups in total. The maximum Gasteiger partial charge on any atom is -0.0111 e. The monoisotopic (exact) mass is 564 g/mol. The Hall–Kier alpha value is -5.46. The molecule has 6 rings (SSSR count). The number of benzene rings is 6. The minimum Gasteiger partial charge on any atom is -0.0622 e. The molecule has 6 aromatic rings. The molecule has 0 heteroatoms. The van der Waals surface area contributed by atoms with Crippen LogP contribution in [0.15, 0.2) is 146 Å². The van der Waals surface area contributed by atoms with Gasteiger partial charge in [-0.05, 0) is 92.4 Å². The first-order chi connectivity index (χ1) is 21.6. The summed E-state index contributed by atoms with van der Waals surface area (Å²) in [4.78, 5) is 0. The molecule has 0 aliphatic carbocycles. The van der Waals surface area contributed by atoms with Gasteiger partial charge in [-0.15, -0.1) is 0 Å². The average Bonchev–Trinajstić information content (AvgIpc) is 3.08. The van der Waals surface area contributed by atoms with Gasteiger partial charge in [0.05, 0.1) is 0 Å². The summed E-state index contributed by atoms with van der Waals surface area (Å²) in [6.45, 7) is 4.32. The van der Waals surface area contributed by atoms with Crippen LogP contribution in [-0.4, -0.2) is 0 Å². The van der Waals surface area contributed by atoms with Crippen molar-refractivity contribution in [2.75, 3.05) is 0 Å². The van der Waals surface area contributed by atoms with Crippen LogP contribution in [0.4, 0.5) is 0 Å². The van der Waals surface area contributed by atoms with E-state index in [0.717, 1.165) is 0 Å². The van der Waals surface area contributed by atoms with Gasteiger partial charge in [0.25, 0.3) is 0 Å². The van der Waals surface area contributed by atoms with E-state index in [9.17, 15) is 0 Å². The van der Waals surface area contributed by atoms with Crippen molar-refractivity contribution in [1.82, 2.24) is 0 Å². The Kier molecular flexibility index (Phi) is 8.90. The van der Waals surface area contributed by atoms with Crippen molar-refractivity contribution in [2.24, 2.45) is 0 Å². The largest absolute Gasteiger partial charge is 0.0622 e. The quantitative estimate of drug-likeness (QED) is 0.161. The third-order valence-electron chi connectivity index (χ3n) is 7.94. The first-order valence-corrected chi connectivity index (χ1v) is 15.2. The molecule has 0 nitrogen and oxygen atoms in total. The first kappa shape index (κ1) is 28.6. The lowest BCUT2D eigenvalue weighted by Crippen LogP contribution is -1.83. The van der Waals surface area contributed by atoms with Crippen LogP contribution >= 0.6 is 0 Å². The van der Waals surface area contributed by atoms with Gasteiger partial charge in [-0.2, -0.15) is 0 Å². The van der Waals surface area contributed by atoms with E-state index in [0.29, 0.717) is 0 Å². The van der Waals surface area contributed by atoms with Crippen LogP contribution in [-0.2, 0) is 0 Å². The second-order valence-corrected chi connectivity index (χ2v) is 11.2. The first-order valence-electron chi connectivity index (χ1n) is 15.2. The van der Waals surface area contributed by atoms with Crippen LogP contribution < -0.4 is 0 Å². The Morgan fingerprint density at radius 2 is 0.818 bits per heavy atom. The summed E-state index contributed by atoms with van der Waals surface area (Å²) in [6, 6.07) is 51.7. The molecular weight excluding hydrogens is 528 g/mol. The van der Waals surface area contributed by atoms with E-state index in [1.54, 1.807) is 0 Å². The van der Waals surface area contributed by atoms with Crippen LogP contribution in [0.5, 0.6) is 0 Å². The van der Waals surface area contributed by atoms with Crippen molar-refractivity contribution in [1.29, 1.82) is 0 Å². The zero-order chi connectivity index (χ0) is 30.1. The van der Waals surface area contributed by atoms with Gasteiger partial charge in [-0.3, -0.25) is 0 Å². The molecule has 0 bridgehead atoms. The number of fused-ring (bicyclic) bond motifs is 1. The molecule has 0 atom stereocenters. The van der Waals surface area contributed by atoms with Gasteiger partial charge in [-0.1, -0.05) is 170 Å². The molecule has 212 valence electrons. The normalized spacial score (nSPS) is 12.4. The molecule has 0 aliphatic rings. The molecule has 0 unspecified atom stereocenters. The standard InChI is InChI=1S/C44H36/c1-33(40-11-5-3-6-12-40)29-37-22-17-35(18-23-37)21-26-39-31-42-15-9-10-16-44(42)43(32-39)28-27-36-19-24-38(25-20-36)30-34(2)41-13-7-4-8-14-41/h3-32H,1-2H3/b26-21-,28-27-,33-29-,34-30-. The second kappa shape index (κ2) is 13.7. The topological polar surface area (TPSA) is 0 Å². The summed E-state index contributed by atoms with van der Waals surface area (Å²) in [5.74, 6) is 0. The molecule has 6 aromatic carbocycles. The van der Waals surface area contributed by atoms with Gasteiger partial charge < -0.3 is 0 Å². The summed E-state index contributed by atoms with van der Waals surface area (Å²) in [5.41, 5.74) is 12.2. The van der Waals surface area contributed by atoms with Crippen LogP contribution in [0.25, 0.3) is 58.4 Å². The maximum absolute atomic E-state index is 2.27. The Labute approximate surface area is 261 Å². The van der Waals surface area contributed by atoms with E-state index < -0.39 is 0 Å². The van der Waals surface area contributed by atoms with Crippen LogP contribution in [0.3, 0.4) is 0 Å². The molecule has 44 heavy (non-hydrogen) atoms. The van der Waals surface area contributed by atoms with E-state index in [1.807, 2.05) is 0 Å². The summed E-state index contributed by atoms with van der Waals surface area (Å²) < 4.78 is 0. The molecule has 0 aliphatic heterocycles.